The van der Waals surface area contributed by atoms with Crippen LogP contribution >= 0.6 is 0 Å². The molecule has 106 valence electrons. The molecule has 0 N–H and O–H groups in total. The Morgan fingerprint density at radius 2 is 1.80 bits per heavy atom. The van der Waals surface area contributed by atoms with Crippen molar-refractivity contribution in [1.29, 1.82) is 0 Å². The van der Waals surface area contributed by atoms with Crippen LogP contribution in [0.1, 0.15) is 24.0 Å². The average Bonchev–Trinajstić information content (AvgIpc) is 2.43. The normalized spacial score (nSPS) is 21.9. The van der Waals surface area contributed by atoms with E-state index in [4.69, 9.17) is 0 Å². The number of allylic oxidation sites excluding steroid dienone is 1. The molecule has 0 saturated carbocycles. The van der Waals surface area contributed by atoms with Crippen LogP contribution < -0.4 is 0 Å². The van der Waals surface area contributed by atoms with Crippen molar-refractivity contribution in [2.45, 2.75) is 19.0 Å². The van der Waals surface area contributed by atoms with Crippen molar-refractivity contribution in [3.05, 3.63) is 41.1 Å². The maximum Gasteiger partial charge on any atom is 0.416 e. The van der Waals surface area contributed by atoms with E-state index >= 15 is 0 Å². The lowest BCUT2D eigenvalue weighted by atomic mass is 9.84. The summed E-state index contributed by atoms with van der Waals surface area (Å²) in [6.07, 6.45) is -1.37. The molecule has 20 heavy (non-hydrogen) atoms. The molecule has 2 nitrogen and oxygen atoms in total. The maximum atomic E-state index is 13.0. The summed E-state index contributed by atoms with van der Waals surface area (Å²) in [5.41, 5.74) is -0.192. The van der Waals surface area contributed by atoms with Crippen LogP contribution in [-0.4, -0.2) is 23.8 Å². The Morgan fingerprint density at radius 1 is 1.15 bits per heavy atom. The number of rotatable bonds is 1. The second-order valence-electron chi connectivity index (χ2n) is 5.24. The molecule has 0 radical (unpaired) electrons. The summed E-state index contributed by atoms with van der Waals surface area (Å²) in [5.74, 6) is -0.0243. The first-order valence-electron chi connectivity index (χ1n) is 6.64. The third kappa shape index (κ3) is 2.21. The molecule has 2 bridgehead atoms. The molecule has 1 aromatic carbocycles. The second-order valence-corrected chi connectivity index (χ2v) is 5.24. The quantitative estimate of drug-likeness (QED) is 0.736. The lowest BCUT2D eigenvalue weighted by Crippen LogP contribution is -2.45. The summed E-state index contributed by atoms with van der Waals surface area (Å²) in [7, 11) is 0. The van der Waals surface area contributed by atoms with Crippen molar-refractivity contribution in [3.8, 4) is 0 Å². The highest BCUT2D eigenvalue weighted by Crippen LogP contribution is 2.36. The molecule has 0 unspecified atom stereocenters. The number of hydrogen-bond acceptors (Lipinski definition) is 2. The maximum absolute atomic E-state index is 13.0. The van der Waals surface area contributed by atoms with E-state index in [2.05, 4.69) is 0 Å². The molecule has 3 saturated heterocycles. The van der Waals surface area contributed by atoms with E-state index in [1.807, 2.05) is 4.90 Å². The third-order valence-corrected chi connectivity index (χ3v) is 4.02. The topological polar surface area (TPSA) is 20.3 Å². The van der Waals surface area contributed by atoms with E-state index in [0.29, 0.717) is 5.70 Å². The van der Waals surface area contributed by atoms with Gasteiger partial charge in [0.1, 0.15) is 0 Å². The van der Waals surface area contributed by atoms with Gasteiger partial charge in [-0.1, -0.05) is 18.2 Å². The Morgan fingerprint density at radius 3 is 2.40 bits per heavy atom. The zero-order valence-electron chi connectivity index (χ0n) is 10.8. The number of carbonyl (C=O) groups is 1. The molecule has 0 aliphatic carbocycles. The number of alkyl halides is 3. The van der Waals surface area contributed by atoms with Crippen molar-refractivity contribution in [2.75, 3.05) is 13.1 Å². The largest absolute Gasteiger partial charge is 0.416 e. The Bertz CT molecular complexity index is 569. The molecule has 0 amide bonds. The fraction of sp³-hybridized carbons (Fsp3) is 0.400. The molecule has 1 aromatic rings. The Hall–Kier alpha value is -1.78. The summed E-state index contributed by atoms with van der Waals surface area (Å²) < 4.78 is 38.9. The SMILES string of the molecule is O=C1/C(=C\c2ccccc2C(F)(F)F)N2CCC1CC2. The van der Waals surface area contributed by atoms with Gasteiger partial charge in [0.05, 0.1) is 11.3 Å². The molecule has 3 aliphatic heterocycles. The number of nitrogens with zero attached hydrogens (tertiary/aromatic N) is 1. The highest BCUT2D eigenvalue weighted by atomic mass is 19.4. The molecular formula is C15H14F3NO. The number of carbonyl (C=O) groups excluding carboxylic acids is 1. The number of hydrogen-bond donors (Lipinski definition) is 0. The number of ketones is 1. The van der Waals surface area contributed by atoms with E-state index in [0.717, 1.165) is 32.0 Å². The van der Waals surface area contributed by atoms with Crippen molar-refractivity contribution in [1.82, 2.24) is 4.90 Å². The summed E-state index contributed by atoms with van der Waals surface area (Å²) in [6.45, 7) is 1.52. The summed E-state index contributed by atoms with van der Waals surface area (Å²) in [5, 5.41) is 0. The molecule has 0 aromatic heterocycles. The zero-order chi connectivity index (χ0) is 14.3. The second kappa shape index (κ2) is 4.65. The first-order chi connectivity index (χ1) is 9.47. The van der Waals surface area contributed by atoms with Gasteiger partial charge in [-0.25, -0.2) is 0 Å². The van der Waals surface area contributed by atoms with Crippen molar-refractivity contribution in [3.63, 3.8) is 0 Å². The van der Waals surface area contributed by atoms with Crippen LogP contribution in [0.3, 0.4) is 0 Å². The van der Waals surface area contributed by atoms with Gasteiger partial charge in [0, 0.05) is 19.0 Å². The fourth-order valence-electron chi connectivity index (χ4n) is 2.94. The standard InChI is InChI=1S/C15H14F3NO/c16-15(17,18)12-4-2-1-3-11(12)9-13-14(20)10-5-7-19(13)8-6-10/h1-4,9-10H,5-8H2/b13-9+. The van der Waals surface area contributed by atoms with Crippen molar-refractivity contribution >= 4 is 11.9 Å². The minimum Gasteiger partial charge on any atom is -0.369 e. The summed E-state index contributed by atoms with van der Waals surface area (Å²) in [4.78, 5) is 14.1. The number of fused-ring (bicyclic) bond motifs is 3. The highest BCUT2D eigenvalue weighted by Gasteiger charge is 2.37. The van der Waals surface area contributed by atoms with Crippen LogP contribution in [0, 0.1) is 5.92 Å². The monoisotopic (exact) mass is 281 g/mol. The Kier molecular flexibility index (Phi) is 3.07. The molecule has 3 aliphatic rings. The van der Waals surface area contributed by atoms with E-state index in [1.165, 1.54) is 18.2 Å². The van der Waals surface area contributed by atoms with Crippen molar-refractivity contribution in [2.24, 2.45) is 5.92 Å². The molecular weight excluding hydrogens is 267 g/mol. The van der Waals surface area contributed by atoms with Crippen LogP contribution in [0.4, 0.5) is 13.2 Å². The highest BCUT2D eigenvalue weighted by molar-refractivity contribution is 6.02. The van der Waals surface area contributed by atoms with Gasteiger partial charge in [-0.15, -0.1) is 0 Å². The van der Waals surface area contributed by atoms with E-state index < -0.39 is 11.7 Å². The van der Waals surface area contributed by atoms with Gasteiger partial charge >= 0.3 is 6.18 Å². The van der Waals surface area contributed by atoms with Gasteiger partial charge in [-0.05, 0) is 30.5 Å². The first kappa shape index (κ1) is 13.2. The van der Waals surface area contributed by atoms with Crippen LogP contribution in [0.25, 0.3) is 6.08 Å². The summed E-state index contributed by atoms with van der Waals surface area (Å²) in [6, 6.07) is 5.38. The molecule has 0 spiro atoms. The van der Waals surface area contributed by atoms with Crippen LogP contribution in [0.5, 0.6) is 0 Å². The first-order valence-corrected chi connectivity index (χ1v) is 6.64. The smallest absolute Gasteiger partial charge is 0.369 e. The Balaban J connectivity index is 2.03. The molecule has 4 rings (SSSR count). The van der Waals surface area contributed by atoms with Gasteiger partial charge in [0.25, 0.3) is 0 Å². The lowest BCUT2D eigenvalue weighted by Gasteiger charge is -2.41. The third-order valence-electron chi connectivity index (χ3n) is 4.02. The van der Waals surface area contributed by atoms with Crippen molar-refractivity contribution < 1.29 is 18.0 Å². The lowest BCUT2D eigenvalue weighted by molar-refractivity contribution is -0.137. The fourth-order valence-corrected chi connectivity index (χ4v) is 2.94. The minimum absolute atomic E-state index is 0.00991. The van der Waals surface area contributed by atoms with Crippen LogP contribution in [0.2, 0.25) is 0 Å². The van der Waals surface area contributed by atoms with E-state index in [9.17, 15) is 18.0 Å². The van der Waals surface area contributed by atoms with Gasteiger partial charge in [-0.2, -0.15) is 13.2 Å². The Labute approximate surface area is 114 Å². The minimum atomic E-state index is -4.40. The number of benzene rings is 1. The molecule has 3 fully saturated rings. The van der Waals surface area contributed by atoms with E-state index in [1.54, 1.807) is 6.07 Å². The number of Topliss-reactive ketones (excluding diaryl/α,β-unsaturated/α-hetero) is 1. The van der Waals surface area contributed by atoms with Gasteiger partial charge in [-0.3, -0.25) is 4.79 Å². The zero-order valence-corrected chi connectivity index (χ0v) is 10.8. The van der Waals surface area contributed by atoms with Crippen LogP contribution in [-0.2, 0) is 11.0 Å². The van der Waals surface area contributed by atoms with Gasteiger partial charge in [0.15, 0.2) is 5.78 Å². The predicted molar refractivity (Wildman–Crippen MR) is 68.7 cm³/mol. The molecule has 5 heteroatoms. The average molecular weight is 281 g/mol. The van der Waals surface area contributed by atoms with E-state index in [-0.39, 0.29) is 17.3 Å². The number of halogens is 3. The summed E-state index contributed by atoms with van der Waals surface area (Å²) >= 11 is 0. The van der Waals surface area contributed by atoms with Crippen LogP contribution in [0.15, 0.2) is 30.0 Å². The van der Waals surface area contributed by atoms with Gasteiger partial charge in [0.2, 0.25) is 0 Å². The molecule has 0 atom stereocenters. The number of piperidine rings is 3. The molecule has 3 heterocycles. The van der Waals surface area contributed by atoms with Gasteiger partial charge < -0.3 is 4.90 Å². The predicted octanol–water partition coefficient (Wildman–Crippen LogP) is 3.34.